The van der Waals surface area contributed by atoms with Gasteiger partial charge in [0.1, 0.15) is 0 Å². The van der Waals surface area contributed by atoms with E-state index in [0.717, 1.165) is 11.3 Å². The van der Waals surface area contributed by atoms with Crippen molar-refractivity contribution in [1.29, 1.82) is 0 Å². The predicted molar refractivity (Wildman–Crippen MR) is 36.6 cm³/mol. The van der Waals surface area contributed by atoms with Crippen LogP contribution < -0.4 is 0 Å². The molecule has 0 unspecified atom stereocenters. The second-order valence-electron chi connectivity index (χ2n) is 1.37. The molecule has 49 valence electrons. The standard InChI is InChI=1S/C3HBN3O2S/c4-6-2-1-5-3(10-2)7(8)9/h1H. The Balaban J connectivity index is 2.98. The van der Waals surface area contributed by atoms with Crippen molar-refractivity contribution >= 4 is 29.1 Å². The summed E-state index contributed by atoms with van der Waals surface area (Å²) in [5.41, 5.74) is 0. The predicted octanol–water partition coefficient (Wildman–Crippen LogP) is 1.03. The van der Waals surface area contributed by atoms with Gasteiger partial charge in [-0.15, -0.1) is 0 Å². The monoisotopic (exact) mass is 154 g/mol. The zero-order chi connectivity index (χ0) is 7.56. The molecule has 0 aliphatic rings. The van der Waals surface area contributed by atoms with Crippen LogP contribution in [0.3, 0.4) is 0 Å². The molecule has 0 spiro atoms. The van der Waals surface area contributed by atoms with Crippen LogP contribution in [0.25, 0.3) is 0 Å². The molecule has 1 rings (SSSR count). The molecule has 5 nitrogen and oxygen atoms in total. The quantitative estimate of drug-likeness (QED) is 0.363. The van der Waals surface area contributed by atoms with E-state index in [0.29, 0.717) is 5.00 Å². The van der Waals surface area contributed by atoms with Gasteiger partial charge in [0.2, 0.25) is 0 Å². The summed E-state index contributed by atoms with van der Waals surface area (Å²) in [7, 11) is 4.84. The number of hydrogen-bond acceptors (Lipinski definition) is 5. The molecule has 0 aromatic carbocycles. The van der Waals surface area contributed by atoms with Gasteiger partial charge in [0.05, 0.1) is 0 Å². The van der Waals surface area contributed by atoms with Crippen LogP contribution in [0, 0.1) is 10.1 Å². The Bertz CT molecular complexity index is 272. The molecule has 0 N–H and O–H groups in total. The molecular weight excluding hydrogens is 153 g/mol. The molecule has 0 saturated heterocycles. The van der Waals surface area contributed by atoms with Gasteiger partial charge in [-0.1, -0.05) is 0 Å². The Morgan fingerprint density at radius 3 is 2.90 bits per heavy atom. The van der Waals surface area contributed by atoms with E-state index < -0.39 is 4.92 Å². The van der Waals surface area contributed by atoms with Gasteiger partial charge in [0.15, 0.2) is 0 Å². The number of aromatic nitrogens is 1. The minimum absolute atomic E-state index is 0.191. The second-order valence-corrected chi connectivity index (χ2v) is 2.35. The van der Waals surface area contributed by atoms with Gasteiger partial charge >= 0.3 is 60.2 Å². The number of nitro groups is 1. The molecule has 0 fully saturated rings. The Morgan fingerprint density at radius 2 is 2.60 bits per heavy atom. The van der Waals surface area contributed by atoms with E-state index in [1.807, 2.05) is 0 Å². The van der Waals surface area contributed by atoms with Gasteiger partial charge in [-0.25, -0.2) is 0 Å². The molecule has 1 aromatic rings. The first kappa shape index (κ1) is 7.01. The third-order valence-electron chi connectivity index (χ3n) is 0.765. The maximum absolute atomic E-state index is 10.0. The Labute approximate surface area is 61.0 Å². The third kappa shape index (κ3) is 1.24. The van der Waals surface area contributed by atoms with E-state index in [4.69, 9.17) is 7.64 Å². The summed E-state index contributed by atoms with van der Waals surface area (Å²) < 4.78 is 0. The summed E-state index contributed by atoms with van der Waals surface area (Å²) in [6.07, 6.45) is 1.25. The number of thiazole rings is 1. The molecule has 0 bridgehead atoms. The van der Waals surface area contributed by atoms with Crippen LogP contribution in [0.1, 0.15) is 0 Å². The van der Waals surface area contributed by atoms with E-state index in [9.17, 15) is 10.1 Å². The molecule has 10 heavy (non-hydrogen) atoms. The first-order valence-electron chi connectivity index (χ1n) is 2.25. The average Bonchev–Trinajstić information content (AvgIpc) is 2.34. The van der Waals surface area contributed by atoms with E-state index in [2.05, 4.69) is 9.88 Å². The number of rotatable bonds is 2. The van der Waals surface area contributed by atoms with Crippen LogP contribution >= 0.6 is 11.3 Å². The van der Waals surface area contributed by atoms with Gasteiger partial charge < -0.3 is 0 Å². The summed E-state index contributed by atoms with van der Waals surface area (Å²) in [6, 6.07) is 0. The molecule has 7 heteroatoms. The van der Waals surface area contributed by atoms with Crippen molar-refractivity contribution in [2.75, 3.05) is 0 Å². The fourth-order valence-electron chi connectivity index (χ4n) is 0.401. The fraction of sp³-hybridized carbons (Fsp3) is 0. The van der Waals surface area contributed by atoms with Crippen molar-refractivity contribution in [3.05, 3.63) is 16.3 Å². The van der Waals surface area contributed by atoms with Crippen molar-refractivity contribution < 1.29 is 4.92 Å². The van der Waals surface area contributed by atoms with Crippen LogP contribution in [0.5, 0.6) is 0 Å². The zero-order valence-electron chi connectivity index (χ0n) is 4.72. The Morgan fingerprint density at radius 1 is 1.90 bits per heavy atom. The van der Waals surface area contributed by atoms with Crippen LogP contribution in [0.4, 0.5) is 10.1 Å². The SMILES string of the molecule is [B]=Nc1cnc([N+](=O)[O-])s1. The fourth-order valence-corrected chi connectivity index (χ4v) is 0.926. The molecule has 0 atom stereocenters. The molecule has 1 radical (unpaired) electrons. The van der Waals surface area contributed by atoms with Crippen molar-refractivity contribution in [2.45, 2.75) is 0 Å². The van der Waals surface area contributed by atoms with Crippen molar-refractivity contribution in [3.8, 4) is 0 Å². The van der Waals surface area contributed by atoms with Crippen molar-refractivity contribution in [3.63, 3.8) is 0 Å². The van der Waals surface area contributed by atoms with Crippen molar-refractivity contribution in [1.82, 2.24) is 4.98 Å². The number of hydrogen-bond donors (Lipinski definition) is 0. The summed E-state index contributed by atoms with van der Waals surface area (Å²) in [5, 5.41) is 10.2. The summed E-state index contributed by atoms with van der Waals surface area (Å²) >= 11 is 0.839. The maximum atomic E-state index is 10.0. The van der Waals surface area contributed by atoms with E-state index in [1.165, 1.54) is 6.20 Å². The average molecular weight is 154 g/mol. The third-order valence-corrected chi connectivity index (χ3v) is 1.62. The van der Waals surface area contributed by atoms with E-state index >= 15 is 0 Å². The van der Waals surface area contributed by atoms with Gasteiger partial charge in [-0.05, 0) is 0 Å². The molecule has 1 heterocycles. The first-order valence-corrected chi connectivity index (χ1v) is 3.07. The number of nitrogens with zero attached hydrogens (tertiary/aromatic N) is 3. The second kappa shape index (κ2) is 2.65. The molecule has 1 aromatic heterocycles. The Hall–Kier alpha value is -1.11. The Kier molecular flexibility index (Phi) is 1.86. The van der Waals surface area contributed by atoms with Crippen molar-refractivity contribution in [2.24, 2.45) is 4.90 Å². The summed E-state index contributed by atoms with van der Waals surface area (Å²) in [6.45, 7) is 0. The summed E-state index contributed by atoms with van der Waals surface area (Å²) in [5.74, 6) is 0. The van der Waals surface area contributed by atoms with Gasteiger partial charge in [-0.3, -0.25) is 0 Å². The summed E-state index contributed by atoms with van der Waals surface area (Å²) in [4.78, 5) is 16.1. The van der Waals surface area contributed by atoms with Gasteiger partial charge in [-0.2, -0.15) is 0 Å². The normalized spacial score (nSPS) is 9.10. The van der Waals surface area contributed by atoms with E-state index in [1.54, 1.807) is 0 Å². The first-order chi connectivity index (χ1) is 4.74. The molecule has 0 amide bonds. The minimum atomic E-state index is -0.584. The molecule has 0 aliphatic carbocycles. The van der Waals surface area contributed by atoms with Gasteiger partial charge in [0.25, 0.3) is 0 Å². The van der Waals surface area contributed by atoms with E-state index in [-0.39, 0.29) is 5.13 Å². The topological polar surface area (TPSA) is 68.4 Å². The van der Waals surface area contributed by atoms with Gasteiger partial charge in [0, 0.05) is 0 Å². The molecule has 0 saturated carbocycles. The van der Waals surface area contributed by atoms with Crippen LogP contribution in [0.2, 0.25) is 0 Å². The van der Waals surface area contributed by atoms with Crippen LogP contribution in [0.15, 0.2) is 11.1 Å². The molecule has 0 aliphatic heterocycles. The van der Waals surface area contributed by atoms with Crippen LogP contribution in [-0.4, -0.2) is 17.5 Å². The van der Waals surface area contributed by atoms with Crippen LogP contribution in [-0.2, 0) is 0 Å². The molecular formula is C3HBN3O2S. The zero-order valence-corrected chi connectivity index (χ0v) is 5.54.